The van der Waals surface area contributed by atoms with Gasteiger partial charge in [-0.15, -0.1) is 11.3 Å². The minimum Gasteiger partial charge on any atom is -0.379 e. The van der Waals surface area contributed by atoms with Crippen LogP contribution in [0.25, 0.3) is 0 Å². The predicted molar refractivity (Wildman–Crippen MR) is 109 cm³/mol. The topological polar surface area (TPSA) is 70.7 Å². The van der Waals surface area contributed by atoms with Gasteiger partial charge in [0, 0.05) is 32.1 Å². The number of carbonyl (C=O) groups excluding carboxylic acids is 2. The highest BCUT2D eigenvalue weighted by molar-refractivity contribution is 7.18. The van der Waals surface area contributed by atoms with Gasteiger partial charge < -0.3 is 15.4 Å². The van der Waals surface area contributed by atoms with E-state index in [4.69, 9.17) is 4.74 Å². The van der Waals surface area contributed by atoms with Crippen LogP contribution < -0.4 is 10.6 Å². The zero-order valence-electron chi connectivity index (χ0n) is 15.8. The van der Waals surface area contributed by atoms with E-state index in [1.807, 2.05) is 12.1 Å². The molecule has 2 fully saturated rings. The largest absolute Gasteiger partial charge is 0.379 e. The van der Waals surface area contributed by atoms with E-state index in [-0.39, 0.29) is 17.7 Å². The van der Waals surface area contributed by atoms with Gasteiger partial charge in [0.05, 0.1) is 23.1 Å². The molecule has 2 amide bonds. The van der Waals surface area contributed by atoms with Crippen molar-refractivity contribution in [3.05, 3.63) is 52.4 Å². The quantitative estimate of drug-likeness (QED) is 0.751. The number of hydrogen-bond donors (Lipinski definition) is 2. The van der Waals surface area contributed by atoms with Gasteiger partial charge in [-0.2, -0.15) is 0 Å². The van der Waals surface area contributed by atoms with E-state index < -0.39 is 0 Å². The lowest BCUT2D eigenvalue weighted by Gasteiger charge is -2.27. The maximum absolute atomic E-state index is 12.5. The number of nitrogens with one attached hydrogen (secondary N) is 2. The van der Waals surface area contributed by atoms with Crippen LogP contribution in [0.1, 0.15) is 33.6 Å². The molecule has 0 spiro atoms. The number of thiophene rings is 1. The average Bonchev–Trinajstić information content (AvgIpc) is 3.47. The predicted octanol–water partition coefficient (Wildman–Crippen LogP) is 2.86. The van der Waals surface area contributed by atoms with Crippen molar-refractivity contribution in [1.29, 1.82) is 0 Å². The van der Waals surface area contributed by atoms with E-state index >= 15 is 0 Å². The fourth-order valence-electron chi connectivity index (χ4n) is 3.24. The van der Waals surface area contributed by atoms with Gasteiger partial charge in [0.1, 0.15) is 0 Å². The number of hydrogen-bond acceptors (Lipinski definition) is 5. The third-order valence-corrected chi connectivity index (χ3v) is 6.08. The van der Waals surface area contributed by atoms with Gasteiger partial charge in [0.15, 0.2) is 0 Å². The highest BCUT2D eigenvalue weighted by atomic mass is 32.1. The monoisotopic (exact) mass is 399 g/mol. The molecule has 7 heteroatoms. The highest BCUT2D eigenvalue weighted by Crippen LogP contribution is 2.31. The second-order valence-electron chi connectivity index (χ2n) is 7.27. The van der Waals surface area contributed by atoms with E-state index in [0.29, 0.717) is 11.4 Å². The lowest BCUT2D eigenvalue weighted by atomic mass is 10.1. The van der Waals surface area contributed by atoms with Gasteiger partial charge in [0.25, 0.3) is 5.91 Å². The maximum Gasteiger partial charge on any atom is 0.261 e. The van der Waals surface area contributed by atoms with Gasteiger partial charge >= 0.3 is 0 Å². The SMILES string of the molecule is O=C(NCc1ccccc1CN1CCOCC1)c1ccc(NC(=O)C2CC2)s1. The van der Waals surface area contributed by atoms with Crippen LogP contribution in [-0.4, -0.2) is 43.0 Å². The van der Waals surface area contributed by atoms with Gasteiger partial charge in [0.2, 0.25) is 5.91 Å². The van der Waals surface area contributed by atoms with E-state index in [1.165, 1.54) is 16.9 Å². The second kappa shape index (κ2) is 8.86. The molecule has 2 aromatic rings. The minimum atomic E-state index is -0.113. The van der Waals surface area contributed by atoms with E-state index in [0.717, 1.165) is 56.3 Å². The minimum absolute atomic E-state index is 0.0610. The number of nitrogens with zero attached hydrogens (tertiary/aromatic N) is 1. The van der Waals surface area contributed by atoms with Crippen molar-refractivity contribution < 1.29 is 14.3 Å². The van der Waals surface area contributed by atoms with Gasteiger partial charge in [-0.3, -0.25) is 14.5 Å². The van der Waals surface area contributed by atoms with Crippen molar-refractivity contribution >= 4 is 28.2 Å². The first-order valence-electron chi connectivity index (χ1n) is 9.75. The molecule has 0 atom stereocenters. The van der Waals surface area contributed by atoms with Crippen molar-refractivity contribution in [1.82, 2.24) is 10.2 Å². The molecule has 2 N–H and O–H groups in total. The third-order valence-electron chi connectivity index (χ3n) is 5.08. The van der Waals surface area contributed by atoms with Crippen LogP contribution in [0, 0.1) is 5.92 Å². The van der Waals surface area contributed by atoms with E-state index in [2.05, 4.69) is 27.7 Å². The van der Waals surface area contributed by atoms with Crippen molar-refractivity contribution in [2.75, 3.05) is 31.6 Å². The Morgan fingerprint density at radius 3 is 2.57 bits per heavy atom. The lowest BCUT2D eigenvalue weighted by molar-refractivity contribution is -0.117. The Labute approximate surface area is 168 Å². The molecule has 2 heterocycles. The summed E-state index contributed by atoms with van der Waals surface area (Å²) in [5.74, 6) is 0.103. The number of ether oxygens (including phenoxy) is 1. The molecular weight excluding hydrogens is 374 g/mol. The van der Waals surface area contributed by atoms with Crippen molar-refractivity contribution in [2.45, 2.75) is 25.9 Å². The Hall–Kier alpha value is -2.22. The molecule has 1 aliphatic carbocycles. The van der Waals surface area contributed by atoms with Gasteiger partial charge in [-0.1, -0.05) is 24.3 Å². The lowest BCUT2D eigenvalue weighted by Crippen LogP contribution is -2.36. The molecule has 1 saturated carbocycles. The highest BCUT2D eigenvalue weighted by Gasteiger charge is 2.29. The third kappa shape index (κ3) is 4.98. The van der Waals surface area contributed by atoms with Crippen LogP contribution in [0.3, 0.4) is 0 Å². The summed E-state index contributed by atoms with van der Waals surface area (Å²) in [6.45, 7) is 4.77. The van der Waals surface area contributed by atoms with Crippen molar-refractivity contribution in [2.24, 2.45) is 5.92 Å². The zero-order valence-corrected chi connectivity index (χ0v) is 16.6. The van der Waals surface area contributed by atoms with Crippen molar-refractivity contribution in [3.63, 3.8) is 0 Å². The van der Waals surface area contributed by atoms with E-state index in [1.54, 1.807) is 12.1 Å². The molecule has 148 valence electrons. The first-order chi connectivity index (χ1) is 13.7. The normalized spacial score (nSPS) is 17.3. The van der Waals surface area contributed by atoms with Gasteiger partial charge in [-0.25, -0.2) is 0 Å². The average molecular weight is 400 g/mol. The van der Waals surface area contributed by atoms with Crippen LogP contribution in [-0.2, 0) is 22.6 Å². The molecule has 0 bridgehead atoms. The molecule has 0 unspecified atom stereocenters. The Morgan fingerprint density at radius 1 is 1.07 bits per heavy atom. The summed E-state index contributed by atoms with van der Waals surface area (Å²) in [4.78, 5) is 27.4. The number of amides is 2. The first-order valence-corrected chi connectivity index (χ1v) is 10.6. The Morgan fingerprint density at radius 2 is 1.82 bits per heavy atom. The Balaban J connectivity index is 1.33. The molecule has 1 aromatic heterocycles. The van der Waals surface area contributed by atoms with Crippen LogP contribution in [0.5, 0.6) is 0 Å². The summed E-state index contributed by atoms with van der Waals surface area (Å²) in [7, 11) is 0. The summed E-state index contributed by atoms with van der Waals surface area (Å²) in [5, 5.41) is 6.63. The molecule has 2 aliphatic rings. The molecule has 4 rings (SSSR count). The summed E-state index contributed by atoms with van der Waals surface area (Å²) in [6.07, 6.45) is 1.93. The number of carbonyl (C=O) groups is 2. The molecule has 6 nitrogen and oxygen atoms in total. The van der Waals surface area contributed by atoms with Crippen LogP contribution >= 0.6 is 11.3 Å². The molecule has 1 aromatic carbocycles. The fourth-order valence-corrected chi connectivity index (χ4v) is 4.07. The van der Waals surface area contributed by atoms with Crippen LogP contribution in [0.15, 0.2) is 36.4 Å². The molecule has 1 saturated heterocycles. The maximum atomic E-state index is 12.5. The summed E-state index contributed by atoms with van der Waals surface area (Å²) < 4.78 is 5.41. The summed E-state index contributed by atoms with van der Waals surface area (Å²) >= 11 is 1.32. The fraction of sp³-hybridized carbons (Fsp3) is 0.429. The number of anilines is 1. The second-order valence-corrected chi connectivity index (χ2v) is 8.35. The van der Waals surface area contributed by atoms with Crippen molar-refractivity contribution in [3.8, 4) is 0 Å². The van der Waals surface area contributed by atoms with E-state index in [9.17, 15) is 9.59 Å². The number of benzene rings is 1. The zero-order chi connectivity index (χ0) is 19.3. The molecule has 28 heavy (non-hydrogen) atoms. The summed E-state index contributed by atoms with van der Waals surface area (Å²) in [5.41, 5.74) is 2.36. The summed E-state index contributed by atoms with van der Waals surface area (Å²) in [6, 6.07) is 11.8. The molecule has 0 radical (unpaired) electrons. The molecule has 1 aliphatic heterocycles. The first kappa shape index (κ1) is 19.1. The number of morpholine rings is 1. The van der Waals surface area contributed by atoms with Crippen LogP contribution in [0.2, 0.25) is 0 Å². The van der Waals surface area contributed by atoms with Crippen LogP contribution in [0.4, 0.5) is 5.00 Å². The van der Waals surface area contributed by atoms with Gasteiger partial charge in [-0.05, 0) is 36.1 Å². The Kier molecular flexibility index (Phi) is 6.04. The Bertz CT molecular complexity index is 841. The standard InChI is InChI=1S/C21H25N3O3S/c25-20(15-5-6-15)23-19-8-7-18(28-19)21(26)22-13-16-3-1-2-4-17(16)14-24-9-11-27-12-10-24/h1-4,7-8,15H,5-6,9-14H2,(H,22,26)(H,23,25). The number of rotatable bonds is 7. The molecular formula is C21H25N3O3S. The smallest absolute Gasteiger partial charge is 0.261 e.